The van der Waals surface area contributed by atoms with E-state index in [2.05, 4.69) is 5.10 Å². The molecule has 0 radical (unpaired) electrons. The predicted octanol–water partition coefficient (Wildman–Crippen LogP) is 1.49. The van der Waals surface area contributed by atoms with Crippen molar-refractivity contribution in [1.29, 1.82) is 0 Å². The van der Waals surface area contributed by atoms with Crippen LogP contribution in [0.25, 0.3) is 5.69 Å². The molecule has 1 aromatic carbocycles. The molecule has 2 aromatic rings. The van der Waals surface area contributed by atoms with Crippen molar-refractivity contribution in [2.24, 2.45) is 0 Å². The van der Waals surface area contributed by atoms with Gasteiger partial charge in [-0.25, -0.2) is 4.68 Å². The molecule has 0 atom stereocenters. The van der Waals surface area contributed by atoms with Gasteiger partial charge in [0.15, 0.2) is 0 Å². The number of hydrogen-bond donors (Lipinski definition) is 1. The topological polar surface area (TPSA) is 62.3 Å². The van der Waals surface area contributed by atoms with Crippen molar-refractivity contribution in [2.75, 3.05) is 12.8 Å². The first-order valence-electron chi connectivity index (χ1n) is 5.38. The van der Waals surface area contributed by atoms with Gasteiger partial charge in [-0.3, -0.25) is 0 Å². The lowest BCUT2D eigenvalue weighted by Gasteiger charge is -2.10. The summed E-state index contributed by atoms with van der Waals surface area (Å²) in [5.41, 5.74) is 8.82. The van der Waals surface area contributed by atoms with Crippen LogP contribution in [0.15, 0.2) is 24.3 Å². The smallest absolute Gasteiger partial charge is 0.144 e. The van der Waals surface area contributed by atoms with Gasteiger partial charge >= 0.3 is 0 Å². The fourth-order valence-corrected chi connectivity index (χ4v) is 2.02. The van der Waals surface area contributed by atoms with Gasteiger partial charge in [0.1, 0.15) is 17.3 Å². The van der Waals surface area contributed by atoms with E-state index in [9.17, 15) is 0 Å². The highest BCUT2D eigenvalue weighted by atomic mass is 16.5. The summed E-state index contributed by atoms with van der Waals surface area (Å²) in [7, 11) is 1.63. The molecule has 3 rings (SSSR count). The SMILES string of the molecule is COc1ccccc1-n1nc2c(c1N)COC2. The third kappa shape index (κ3) is 1.47. The standard InChI is InChI=1S/C12H13N3O2/c1-16-11-5-3-2-4-10(11)15-12(13)8-6-17-7-9(8)14-15/h2-5H,6-7,13H2,1H3. The summed E-state index contributed by atoms with van der Waals surface area (Å²) in [6.07, 6.45) is 0. The summed E-state index contributed by atoms with van der Waals surface area (Å²) in [6, 6.07) is 7.66. The van der Waals surface area contributed by atoms with Gasteiger partial charge in [0.2, 0.25) is 0 Å². The Morgan fingerprint density at radius 1 is 1.35 bits per heavy atom. The van der Waals surface area contributed by atoms with Gasteiger partial charge in [0, 0.05) is 5.56 Å². The first-order chi connectivity index (χ1) is 8.31. The van der Waals surface area contributed by atoms with E-state index in [-0.39, 0.29) is 0 Å². The molecule has 0 bridgehead atoms. The molecule has 0 saturated heterocycles. The first-order valence-corrected chi connectivity index (χ1v) is 5.38. The molecule has 0 spiro atoms. The number of benzene rings is 1. The number of methoxy groups -OCH3 is 1. The maximum Gasteiger partial charge on any atom is 0.144 e. The Morgan fingerprint density at radius 3 is 2.94 bits per heavy atom. The van der Waals surface area contributed by atoms with Gasteiger partial charge in [-0.15, -0.1) is 0 Å². The molecular weight excluding hydrogens is 218 g/mol. The highest BCUT2D eigenvalue weighted by molar-refractivity contribution is 5.55. The van der Waals surface area contributed by atoms with Crippen LogP contribution in [0.4, 0.5) is 5.82 Å². The maximum absolute atomic E-state index is 6.08. The lowest BCUT2D eigenvalue weighted by molar-refractivity contribution is 0.131. The van der Waals surface area contributed by atoms with Crippen LogP contribution in [0.5, 0.6) is 5.75 Å². The minimum Gasteiger partial charge on any atom is -0.494 e. The van der Waals surface area contributed by atoms with E-state index in [4.69, 9.17) is 15.2 Å². The van der Waals surface area contributed by atoms with Gasteiger partial charge in [-0.05, 0) is 12.1 Å². The Labute approximate surface area is 98.8 Å². The molecule has 88 valence electrons. The van der Waals surface area contributed by atoms with E-state index in [0.717, 1.165) is 22.7 Å². The molecule has 0 aliphatic carbocycles. The second-order valence-electron chi connectivity index (χ2n) is 3.89. The van der Waals surface area contributed by atoms with Gasteiger partial charge in [0.25, 0.3) is 0 Å². The maximum atomic E-state index is 6.08. The van der Waals surface area contributed by atoms with Crippen LogP contribution < -0.4 is 10.5 Å². The largest absolute Gasteiger partial charge is 0.494 e. The molecule has 1 aromatic heterocycles. The van der Waals surface area contributed by atoms with Crippen molar-refractivity contribution in [3.05, 3.63) is 35.5 Å². The molecule has 1 aliphatic heterocycles. The predicted molar refractivity (Wildman–Crippen MR) is 63.0 cm³/mol. The van der Waals surface area contributed by atoms with Crippen molar-refractivity contribution in [1.82, 2.24) is 9.78 Å². The highest BCUT2D eigenvalue weighted by Gasteiger charge is 2.22. The minimum atomic E-state index is 0.529. The molecule has 0 amide bonds. The number of hydrogen-bond acceptors (Lipinski definition) is 4. The molecule has 5 nitrogen and oxygen atoms in total. The van der Waals surface area contributed by atoms with Crippen LogP contribution in [0.1, 0.15) is 11.3 Å². The average molecular weight is 231 g/mol. The van der Waals surface area contributed by atoms with Gasteiger partial charge in [-0.1, -0.05) is 12.1 Å². The number of fused-ring (bicyclic) bond motifs is 1. The molecule has 0 fully saturated rings. The number of nitrogens with zero attached hydrogens (tertiary/aromatic N) is 2. The summed E-state index contributed by atoms with van der Waals surface area (Å²) in [5.74, 6) is 1.38. The van der Waals surface area contributed by atoms with E-state index < -0.39 is 0 Å². The molecule has 1 aliphatic rings. The van der Waals surface area contributed by atoms with E-state index in [1.807, 2.05) is 24.3 Å². The third-order valence-electron chi connectivity index (χ3n) is 2.90. The van der Waals surface area contributed by atoms with Crippen molar-refractivity contribution < 1.29 is 9.47 Å². The van der Waals surface area contributed by atoms with Crippen LogP contribution in [0.2, 0.25) is 0 Å². The Morgan fingerprint density at radius 2 is 2.18 bits per heavy atom. The van der Waals surface area contributed by atoms with E-state index in [1.54, 1.807) is 11.8 Å². The van der Waals surface area contributed by atoms with Crippen LogP contribution in [-0.2, 0) is 18.0 Å². The number of ether oxygens (including phenoxy) is 2. The molecule has 2 heterocycles. The number of nitrogen functional groups attached to an aromatic ring is 1. The van der Waals surface area contributed by atoms with Crippen LogP contribution in [0.3, 0.4) is 0 Å². The summed E-state index contributed by atoms with van der Waals surface area (Å²) >= 11 is 0. The zero-order chi connectivity index (χ0) is 11.8. The summed E-state index contributed by atoms with van der Waals surface area (Å²) in [4.78, 5) is 0. The van der Waals surface area contributed by atoms with Gasteiger partial charge < -0.3 is 15.2 Å². The number of para-hydroxylation sites is 2. The van der Waals surface area contributed by atoms with Crippen LogP contribution in [0, 0.1) is 0 Å². The van der Waals surface area contributed by atoms with E-state index in [1.165, 1.54) is 0 Å². The molecular formula is C12H13N3O2. The average Bonchev–Trinajstić information content (AvgIpc) is 2.93. The Balaban J connectivity index is 2.16. The minimum absolute atomic E-state index is 0.529. The lowest BCUT2D eigenvalue weighted by atomic mass is 10.2. The van der Waals surface area contributed by atoms with Crippen molar-refractivity contribution in [3.63, 3.8) is 0 Å². The van der Waals surface area contributed by atoms with Crippen molar-refractivity contribution in [2.45, 2.75) is 13.2 Å². The third-order valence-corrected chi connectivity index (χ3v) is 2.90. The first kappa shape index (κ1) is 10.2. The summed E-state index contributed by atoms with van der Waals surface area (Å²) in [5, 5.41) is 4.46. The summed E-state index contributed by atoms with van der Waals surface area (Å²) < 4.78 is 12.3. The quantitative estimate of drug-likeness (QED) is 0.850. The number of rotatable bonds is 2. The van der Waals surface area contributed by atoms with Crippen LogP contribution >= 0.6 is 0 Å². The van der Waals surface area contributed by atoms with Gasteiger partial charge in [0.05, 0.1) is 26.0 Å². The molecule has 0 saturated carbocycles. The zero-order valence-corrected chi connectivity index (χ0v) is 9.51. The number of anilines is 1. The molecule has 0 unspecified atom stereocenters. The lowest BCUT2D eigenvalue weighted by Crippen LogP contribution is -2.05. The molecule has 2 N–H and O–H groups in total. The zero-order valence-electron chi connectivity index (χ0n) is 9.51. The Hall–Kier alpha value is -2.01. The Kier molecular flexibility index (Phi) is 2.26. The second kappa shape index (κ2) is 3.78. The molecule has 5 heteroatoms. The Bertz CT molecular complexity index is 563. The van der Waals surface area contributed by atoms with E-state index >= 15 is 0 Å². The number of nitrogens with two attached hydrogens (primary N) is 1. The van der Waals surface area contributed by atoms with E-state index in [0.29, 0.717) is 19.0 Å². The second-order valence-corrected chi connectivity index (χ2v) is 3.89. The molecule has 17 heavy (non-hydrogen) atoms. The van der Waals surface area contributed by atoms with Gasteiger partial charge in [-0.2, -0.15) is 5.10 Å². The normalized spacial score (nSPS) is 13.7. The fraction of sp³-hybridized carbons (Fsp3) is 0.250. The van der Waals surface area contributed by atoms with Crippen molar-refractivity contribution >= 4 is 5.82 Å². The number of aromatic nitrogens is 2. The monoisotopic (exact) mass is 231 g/mol. The van der Waals surface area contributed by atoms with Crippen LogP contribution in [-0.4, -0.2) is 16.9 Å². The fourth-order valence-electron chi connectivity index (χ4n) is 2.02. The summed E-state index contributed by atoms with van der Waals surface area (Å²) in [6.45, 7) is 1.07. The van der Waals surface area contributed by atoms with Crippen molar-refractivity contribution in [3.8, 4) is 11.4 Å². The highest BCUT2D eigenvalue weighted by Crippen LogP contribution is 2.30.